The van der Waals surface area contributed by atoms with Gasteiger partial charge in [-0.2, -0.15) is 0 Å². The predicted molar refractivity (Wildman–Crippen MR) is 112 cm³/mol. The maximum absolute atomic E-state index is 12.7. The van der Waals surface area contributed by atoms with Gasteiger partial charge in [-0.25, -0.2) is 4.98 Å². The predicted octanol–water partition coefficient (Wildman–Crippen LogP) is 4.04. The van der Waals surface area contributed by atoms with Crippen molar-refractivity contribution in [2.45, 2.75) is 46.1 Å². The lowest BCUT2D eigenvalue weighted by Crippen LogP contribution is -2.18. The molecule has 0 saturated carbocycles. The molecule has 3 aromatic rings. The summed E-state index contributed by atoms with van der Waals surface area (Å²) in [5.74, 6) is 1.45. The van der Waals surface area contributed by atoms with Crippen molar-refractivity contribution in [1.29, 1.82) is 0 Å². The van der Waals surface area contributed by atoms with Crippen molar-refractivity contribution in [2.24, 2.45) is 0 Å². The zero-order valence-corrected chi connectivity index (χ0v) is 17.1. The van der Waals surface area contributed by atoms with Crippen LogP contribution in [0.3, 0.4) is 0 Å². The fraction of sp³-hybridized carbons (Fsp3) is 0.429. The number of nitrogens with zero attached hydrogens (tertiary/aromatic N) is 2. The Morgan fingerprint density at radius 1 is 1.11 bits per heavy atom. The Bertz CT molecular complexity index is 1040. The van der Waals surface area contributed by atoms with E-state index in [-0.39, 0.29) is 5.56 Å². The third kappa shape index (κ3) is 3.71. The summed E-state index contributed by atoms with van der Waals surface area (Å²) in [4.78, 5) is 19.5. The number of benzene rings is 1. The number of thiazole rings is 1. The molecule has 0 bridgehead atoms. The Balaban J connectivity index is 1.56. The number of hydrogen-bond acceptors (Lipinski definition) is 6. The van der Waals surface area contributed by atoms with Crippen LogP contribution >= 0.6 is 11.3 Å². The molecule has 1 N–H and O–H groups in total. The summed E-state index contributed by atoms with van der Waals surface area (Å²) >= 11 is 1.65. The third-order valence-electron chi connectivity index (χ3n) is 4.83. The molecule has 28 heavy (non-hydrogen) atoms. The maximum Gasteiger partial charge on any atom is 0.259 e. The monoisotopic (exact) mass is 399 g/mol. The lowest BCUT2D eigenvalue weighted by atomic mass is 10.0. The molecule has 6 nitrogen and oxygen atoms in total. The van der Waals surface area contributed by atoms with Crippen molar-refractivity contribution in [1.82, 2.24) is 9.38 Å². The van der Waals surface area contributed by atoms with Crippen LogP contribution in [0.4, 0.5) is 5.69 Å². The number of aromatic nitrogens is 2. The normalized spacial score (nSPS) is 13.4. The standard InChI is InChI=1S/C21H25N3O3S/c1-3-26-17-10-9-14(11-18(17)27-4-2)22-13-15-12-20(25)24-16-7-5-6-8-19(16)28-21(24)23-15/h9-12,22H,3-8,13H2,1-2H3. The average Bonchev–Trinajstić information content (AvgIpc) is 3.07. The molecule has 2 heterocycles. The van der Waals surface area contributed by atoms with Gasteiger partial charge in [0.25, 0.3) is 5.56 Å². The molecule has 0 spiro atoms. The zero-order valence-electron chi connectivity index (χ0n) is 16.3. The van der Waals surface area contributed by atoms with Crippen molar-refractivity contribution in [3.8, 4) is 11.5 Å². The maximum atomic E-state index is 12.7. The minimum Gasteiger partial charge on any atom is -0.490 e. The Hall–Kier alpha value is -2.54. The van der Waals surface area contributed by atoms with Gasteiger partial charge in [-0.05, 0) is 51.7 Å². The molecule has 0 amide bonds. The fourth-order valence-electron chi connectivity index (χ4n) is 3.59. The van der Waals surface area contributed by atoms with Crippen LogP contribution in [0.2, 0.25) is 0 Å². The fourth-order valence-corrected chi connectivity index (χ4v) is 4.82. The van der Waals surface area contributed by atoms with Crippen LogP contribution in [0.1, 0.15) is 43.0 Å². The van der Waals surface area contributed by atoms with Crippen LogP contribution in [0.25, 0.3) is 4.96 Å². The van der Waals surface area contributed by atoms with E-state index in [0.29, 0.717) is 25.5 Å². The van der Waals surface area contributed by atoms with Gasteiger partial charge >= 0.3 is 0 Å². The Morgan fingerprint density at radius 2 is 1.89 bits per heavy atom. The van der Waals surface area contributed by atoms with Gasteiger partial charge in [0.15, 0.2) is 16.5 Å². The number of fused-ring (bicyclic) bond motifs is 3. The molecular formula is C21H25N3O3S. The molecule has 0 unspecified atom stereocenters. The lowest BCUT2D eigenvalue weighted by molar-refractivity contribution is 0.288. The number of nitrogens with one attached hydrogen (secondary N) is 1. The van der Waals surface area contributed by atoms with E-state index in [2.05, 4.69) is 5.32 Å². The van der Waals surface area contributed by atoms with Gasteiger partial charge < -0.3 is 14.8 Å². The van der Waals surface area contributed by atoms with E-state index < -0.39 is 0 Å². The second-order valence-corrected chi connectivity index (χ2v) is 7.83. The van der Waals surface area contributed by atoms with Crippen LogP contribution < -0.4 is 20.3 Å². The van der Waals surface area contributed by atoms with Gasteiger partial charge in [0.2, 0.25) is 0 Å². The van der Waals surface area contributed by atoms with E-state index in [1.165, 1.54) is 11.3 Å². The Kier molecular flexibility index (Phi) is 5.52. The number of aryl methyl sites for hydroxylation is 2. The Labute approximate surface area is 168 Å². The third-order valence-corrected chi connectivity index (χ3v) is 5.97. The summed E-state index contributed by atoms with van der Waals surface area (Å²) < 4.78 is 13.1. The van der Waals surface area contributed by atoms with Gasteiger partial charge in [0.05, 0.1) is 25.5 Å². The van der Waals surface area contributed by atoms with Crippen molar-refractivity contribution < 1.29 is 9.47 Å². The van der Waals surface area contributed by atoms with Gasteiger partial charge in [-0.1, -0.05) is 0 Å². The highest BCUT2D eigenvalue weighted by molar-refractivity contribution is 7.17. The highest BCUT2D eigenvalue weighted by Gasteiger charge is 2.18. The molecule has 2 aromatic heterocycles. The molecule has 7 heteroatoms. The molecule has 0 radical (unpaired) electrons. The number of rotatable bonds is 7. The van der Waals surface area contributed by atoms with E-state index in [1.807, 2.05) is 32.0 Å². The lowest BCUT2D eigenvalue weighted by Gasteiger charge is -2.13. The minimum atomic E-state index is 0.0166. The van der Waals surface area contributed by atoms with Crippen LogP contribution in [-0.2, 0) is 19.4 Å². The van der Waals surface area contributed by atoms with Crippen LogP contribution in [0.15, 0.2) is 29.1 Å². The van der Waals surface area contributed by atoms with Gasteiger partial charge in [-0.3, -0.25) is 9.20 Å². The van der Waals surface area contributed by atoms with Crippen molar-refractivity contribution in [3.63, 3.8) is 0 Å². The number of hydrogen-bond donors (Lipinski definition) is 1. The Morgan fingerprint density at radius 3 is 2.71 bits per heavy atom. The van der Waals surface area contributed by atoms with E-state index in [9.17, 15) is 4.79 Å². The summed E-state index contributed by atoms with van der Waals surface area (Å²) in [6.45, 7) is 5.54. The van der Waals surface area contributed by atoms with Crippen LogP contribution in [0.5, 0.6) is 11.5 Å². The molecule has 1 aromatic carbocycles. The molecule has 1 aliphatic carbocycles. The largest absolute Gasteiger partial charge is 0.490 e. The summed E-state index contributed by atoms with van der Waals surface area (Å²) in [5.41, 5.74) is 2.83. The first-order valence-corrected chi connectivity index (χ1v) is 10.7. The van der Waals surface area contributed by atoms with Crippen molar-refractivity contribution in [3.05, 3.63) is 50.9 Å². The zero-order chi connectivity index (χ0) is 19.5. The first-order valence-electron chi connectivity index (χ1n) is 9.86. The molecule has 0 fully saturated rings. The second-order valence-electron chi connectivity index (χ2n) is 6.76. The van der Waals surface area contributed by atoms with Crippen molar-refractivity contribution in [2.75, 3.05) is 18.5 Å². The van der Waals surface area contributed by atoms with E-state index in [0.717, 1.165) is 47.0 Å². The SMILES string of the molecule is CCOc1ccc(NCc2cc(=O)n3c4c(sc3n2)CCCC4)cc1OCC. The summed E-state index contributed by atoms with van der Waals surface area (Å²) in [6.07, 6.45) is 4.38. The molecule has 0 atom stereocenters. The first-order chi connectivity index (χ1) is 13.7. The highest BCUT2D eigenvalue weighted by Crippen LogP contribution is 2.31. The minimum absolute atomic E-state index is 0.0166. The molecule has 148 valence electrons. The van der Waals surface area contributed by atoms with E-state index in [4.69, 9.17) is 14.5 Å². The molecule has 0 aliphatic heterocycles. The second kappa shape index (κ2) is 8.22. The smallest absolute Gasteiger partial charge is 0.259 e. The average molecular weight is 400 g/mol. The highest BCUT2D eigenvalue weighted by atomic mass is 32.1. The van der Waals surface area contributed by atoms with Crippen molar-refractivity contribution >= 4 is 22.0 Å². The molecule has 1 aliphatic rings. The van der Waals surface area contributed by atoms with E-state index in [1.54, 1.807) is 21.8 Å². The number of anilines is 1. The first kappa shape index (κ1) is 18.8. The number of ether oxygens (including phenoxy) is 2. The summed E-state index contributed by atoms with van der Waals surface area (Å²) in [7, 11) is 0. The van der Waals surface area contributed by atoms with E-state index >= 15 is 0 Å². The molecule has 4 rings (SSSR count). The molecular weight excluding hydrogens is 374 g/mol. The van der Waals surface area contributed by atoms with Crippen LogP contribution in [-0.4, -0.2) is 22.6 Å². The summed E-state index contributed by atoms with van der Waals surface area (Å²) in [6, 6.07) is 7.40. The van der Waals surface area contributed by atoms with Gasteiger partial charge in [0.1, 0.15) is 0 Å². The van der Waals surface area contributed by atoms with Gasteiger partial charge in [-0.15, -0.1) is 11.3 Å². The topological polar surface area (TPSA) is 64.9 Å². The quantitative estimate of drug-likeness (QED) is 0.649. The molecule has 0 saturated heterocycles. The van der Waals surface area contributed by atoms with Crippen LogP contribution in [0, 0.1) is 0 Å². The van der Waals surface area contributed by atoms with Gasteiger partial charge in [0, 0.05) is 28.4 Å². The summed E-state index contributed by atoms with van der Waals surface area (Å²) in [5, 5.41) is 3.34.